The zero-order chi connectivity index (χ0) is 12.9. The van der Waals surface area contributed by atoms with Gasteiger partial charge >= 0.3 is 0 Å². The lowest BCUT2D eigenvalue weighted by Gasteiger charge is -2.04. The van der Waals surface area contributed by atoms with Crippen molar-refractivity contribution < 1.29 is 9.18 Å². The van der Waals surface area contributed by atoms with Crippen LogP contribution >= 0.6 is 0 Å². The standard InChI is InChI=1S/C14H11FN2O/c1-8-7-17(9(2)18)14-11-5-10(15)3-4-13(11)16-6-12(8)14/h3-7H,1-2H3. The second-order valence-electron chi connectivity index (χ2n) is 4.38. The lowest BCUT2D eigenvalue weighted by molar-refractivity contribution is 0.0941. The lowest BCUT2D eigenvalue weighted by atomic mass is 10.1. The molecular formula is C14H11FN2O. The zero-order valence-electron chi connectivity index (χ0n) is 10.1. The summed E-state index contributed by atoms with van der Waals surface area (Å²) in [5.74, 6) is -0.421. The van der Waals surface area contributed by atoms with Gasteiger partial charge in [0.15, 0.2) is 0 Å². The molecule has 0 fully saturated rings. The summed E-state index contributed by atoms with van der Waals surface area (Å²) < 4.78 is 14.9. The molecule has 0 atom stereocenters. The summed E-state index contributed by atoms with van der Waals surface area (Å²) in [5.41, 5.74) is 2.37. The Balaban J connectivity index is 2.59. The van der Waals surface area contributed by atoms with Crippen LogP contribution in [0.3, 0.4) is 0 Å². The maximum atomic E-state index is 13.4. The Hall–Kier alpha value is -2.23. The third-order valence-corrected chi connectivity index (χ3v) is 3.13. The molecule has 0 bridgehead atoms. The van der Waals surface area contributed by atoms with E-state index < -0.39 is 0 Å². The van der Waals surface area contributed by atoms with E-state index in [0.29, 0.717) is 10.9 Å². The van der Waals surface area contributed by atoms with Crippen molar-refractivity contribution >= 4 is 27.7 Å². The van der Waals surface area contributed by atoms with E-state index in [1.807, 2.05) is 6.92 Å². The molecule has 0 aliphatic heterocycles. The zero-order valence-corrected chi connectivity index (χ0v) is 10.1. The molecule has 0 aliphatic carbocycles. The molecule has 3 aromatic rings. The summed E-state index contributed by atoms with van der Waals surface area (Å²) in [5, 5.41) is 1.54. The van der Waals surface area contributed by atoms with E-state index in [1.165, 1.54) is 19.1 Å². The van der Waals surface area contributed by atoms with Gasteiger partial charge in [-0.1, -0.05) is 0 Å². The molecule has 18 heavy (non-hydrogen) atoms. The van der Waals surface area contributed by atoms with Crippen LogP contribution in [-0.2, 0) is 0 Å². The molecule has 4 heteroatoms. The summed E-state index contributed by atoms with van der Waals surface area (Å²) in [7, 11) is 0. The van der Waals surface area contributed by atoms with Crippen LogP contribution in [0.15, 0.2) is 30.6 Å². The molecule has 1 aromatic carbocycles. The average Bonchev–Trinajstić information content (AvgIpc) is 2.67. The first kappa shape index (κ1) is 10.9. The third kappa shape index (κ3) is 1.42. The molecule has 3 nitrogen and oxygen atoms in total. The number of hydrogen-bond acceptors (Lipinski definition) is 2. The average molecular weight is 242 g/mol. The fourth-order valence-corrected chi connectivity index (χ4v) is 2.28. The highest BCUT2D eigenvalue weighted by Gasteiger charge is 2.12. The SMILES string of the molecule is CC(=O)n1cc(C)c2cnc3ccc(F)cc3c21. The van der Waals surface area contributed by atoms with Crippen LogP contribution in [0, 0.1) is 12.7 Å². The number of aryl methyl sites for hydroxylation is 1. The van der Waals surface area contributed by atoms with Crippen molar-refractivity contribution in [1.82, 2.24) is 9.55 Å². The van der Waals surface area contributed by atoms with Gasteiger partial charge in [-0.15, -0.1) is 0 Å². The fraction of sp³-hybridized carbons (Fsp3) is 0.143. The van der Waals surface area contributed by atoms with Crippen molar-refractivity contribution in [2.24, 2.45) is 0 Å². The lowest BCUT2D eigenvalue weighted by Crippen LogP contribution is -2.03. The van der Waals surface area contributed by atoms with E-state index in [0.717, 1.165) is 16.5 Å². The molecule has 0 saturated carbocycles. The van der Waals surface area contributed by atoms with Crippen LogP contribution < -0.4 is 0 Å². The van der Waals surface area contributed by atoms with Crippen LogP contribution in [0.25, 0.3) is 21.8 Å². The first-order valence-electron chi connectivity index (χ1n) is 5.65. The van der Waals surface area contributed by atoms with E-state index in [2.05, 4.69) is 4.98 Å². The van der Waals surface area contributed by atoms with E-state index in [9.17, 15) is 9.18 Å². The molecule has 0 saturated heterocycles. The number of fused-ring (bicyclic) bond motifs is 3. The molecule has 0 unspecified atom stereocenters. The highest BCUT2D eigenvalue weighted by molar-refractivity contribution is 6.08. The molecule has 2 heterocycles. The summed E-state index contributed by atoms with van der Waals surface area (Å²) >= 11 is 0. The Morgan fingerprint density at radius 1 is 1.33 bits per heavy atom. The highest BCUT2D eigenvalue weighted by atomic mass is 19.1. The summed E-state index contributed by atoms with van der Waals surface area (Å²) in [4.78, 5) is 15.9. The molecule has 0 spiro atoms. The minimum atomic E-state index is -0.328. The third-order valence-electron chi connectivity index (χ3n) is 3.13. The molecule has 0 radical (unpaired) electrons. The van der Waals surface area contributed by atoms with Gasteiger partial charge in [0.25, 0.3) is 0 Å². The molecule has 3 rings (SSSR count). The van der Waals surface area contributed by atoms with Gasteiger partial charge in [0.1, 0.15) is 5.82 Å². The van der Waals surface area contributed by atoms with E-state index in [1.54, 1.807) is 23.0 Å². The summed E-state index contributed by atoms with van der Waals surface area (Å²) in [6.07, 6.45) is 3.49. The van der Waals surface area contributed by atoms with Gasteiger partial charge in [0.05, 0.1) is 11.0 Å². The number of hydrogen-bond donors (Lipinski definition) is 0. The predicted molar refractivity (Wildman–Crippen MR) is 68.2 cm³/mol. The van der Waals surface area contributed by atoms with Crippen LogP contribution in [0.2, 0.25) is 0 Å². The molecule has 0 amide bonds. The number of pyridine rings is 1. The Morgan fingerprint density at radius 2 is 2.11 bits per heavy atom. The Labute approximate surface area is 103 Å². The Kier molecular flexibility index (Phi) is 2.20. The number of rotatable bonds is 0. The number of carbonyl (C=O) groups excluding carboxylic acids is 1. The van der Waals surface area contributed by atoms with Crippen LogP contribution in [-0.4, -0.2) is 15.5 Å². The number of benzene rings is 1. The molecule has 0 N–H and O–H groups in total. The van der Waals surface area contributed by atoms with Gasteiger partial charge in [0.2, 0.25) is 5.91 Å². The second-order valence-corrected chi connectivity index (χ2v) is 4.38. The largest absolute Gasteiger partial charge is 0.286 e. The van der Waals surface area contributed by atoms with Crippen LogP contribution in [0.5, 0.6) is 0 Å². The highest BCUT2D eigenvalue weighted by Crippen LogP contribution is 2.27. The van der Waals surface area contributed by atoms with Crippen molar-refractivity contribution in [3.8, 4) is 0 Å². The summed E-state index contributed by atoms with van der Waals surface area (Å²) in [6.45, 7) is 3.40. The first-order valence-corrected chi connectivity index (χ1v) is 5.65. The van der Waals surface area contributed by atoms with Gasteiger partial charge in [-0.2, -0.15) is 0 Å². The number of aromatic nitrogens is 2. The van der Waals surface area contributed by atoms with Crippen molar-refractivity contribution in [3.63, 3.8) is 0 Å². The van der Waals surface area contributed by atoms with Crippen molar-refractivity contribution in [2.75, 3.05) is 0 Å². The van der Waals surface area contributed by atoms with Gasteiger partial charge in [0, 0.05) is 30.1 Å². The molecular weight excluding hydrogens is 231 g/mol. The smallest absolute Gasteiger partial charge is 0.227 e. The van der Waals surface area contributed by atoms with E-state index in [-0.39, 0.29) is 11.7 Å². The minimum Gasteiger partial charge on any atom is -0.286 e. The second kappa shape index (κ2) is 3.63. The van der Waals surface area contributed by atoms with Gasteiger partial charge < -0.3 is 0 Å². The van der Waals surface area contributed by atoms with Crippen LogP contribution in [0.4, 0.5) is 4.39 Å². The quantitative estimate of drug-likeness (QED) is 0.606. The normalized spacial score (nSPS) is 11.3. The minimum absolute atomic E-state index is 0.0927. The van der Waals surface area contributed by atoms with Gasteiger partial charge in [-0.05, 0) is 30.7 Å². The molecule has 2 aromatic heterocycles. The van der Waals surface area contributed by atoms with Crippen molar-refractivity contribution in [2.45, 2.75) is 13.8 Å². The first-order chi connectivity index (χ1) is 8.58. The van der Waals surface area contributed by atoms with Crippen LogP contribution in [0.1, 0.15) is 17.3 Å². The maximum Gasteiger partial charge on any atom is 0.227 e. The number of carbonyl (C=O) groups is 1. The maximum absolute atomic E-state index is 13.4. The number of halogens is 1. The molecule has 0 aliphatic rings. The monoisotopic (exact) mass is 242 g/mol. The Morgan fingerprint density at radius 3 is 2.83 bits per heavy atom. The van der Waals surface area contributed by atoms with Crippen molar-refractivity contribution in [1.29, 1.82) is 0 Å². The van der Waals surface area contributed by atoms with Gasteiger partial charge in [-0.3, -0.25) is 14.3 Å². The van der Waals surface area contributed by atoms with Gasteiger partial charge in [-0.25, -0.2) is 4.39 Å². The van der Waals surface area contributed by atoms with E-state index >= 15 is 0 Å². The number of nitrogens with zero attached hydrogens (tertiary/aromatic N) is 2. The summed E-state index contributed by atoms with van der Waals surface area (Å²) in [6, 6.07) is 4.41. The predicted octanol–water partition coefficient (Wildman–Crippen LogP) is 3.30. The Bertz CT molecular complexity index is 789. The van der Waals surface area contributed by atoms with E-state index in [4.69, 9.17) is 0 Å². The van der Waals surface area contributed by atoms with Crippen molar-refractivity contribution in [3.05, 3.63) is 42.0 Å². The topological polar surface area (TPSA) is 34.9 Å². The molecule has 90 valence electrons. The fourth-order valence-electron chi connectivity index (χ4n) is 2.28.